The number of aliphatic carboxylic acids is 1. The van der Waals surface area contributed by atoms with Crippen LogP contribution in [-0.2, 0) is 22.3 Å². The number of carboxylic acid groups (broad SMARTS) is 1. The molecule has 110 valence electrons. The number of carbonyl (C=O) groups excluding carboxylic acids is 1. The summed E-state index contributed by atoms with van der Waals surface area (Å²) in [5.41, 5.74) is -1.08. The lowest BCUT2D eigenvalue weighted by Crippen LogP contribution is -2.42. The lowest BCUT2D eigenvalue weighted by atomic mass is 10.2. The van der Waals surface area contributed by atoms with E-state index in [0.717, 1.165) is 21.8 Å². The fraction of sp³-hybridized carbons (Fsp3) is 0.545. The fourth-order valence-corrected chi connectivity index (χ4v) is 2.15. The van der Waals surface area contributed by atoms with Crippen LogP contribution in [0.3, 0.4) is 0 Å². The average molecular weight is 291 g/mol. The van der Waals surface area contributed by atoms with Gasteiger partial charge >= 0.3 is 12.1 Å². The Morgan fingerprint density at radius 3 is 2.70 bits per heavy atom. The number of amides is 1. The number of alkyl halides is 3. The first-order chi connectivity index (χ1) is 9.29. The van der Waals surface area contributed by atoms with Gasteiger partial charge in [-0.05, 0) is 18.9 Å². The van der Waals surface area contributed by atoms with Crippen molar-refractivity contribution in [1.29, 1.82) is 0 Å². The van der Waals surface area contributed by atoms with E-state index in [1.807, 2.05) is 0 Å². The van der Waals surface area contributed by atoms with Crippen molar-refractivity contribution in [3.8, 4) is 0 Å². The molecule has 0 aromatic carbocycles. The third kappa shape index (κ3) is 2.91. The Balaban J connectivity index is 2.05. The first kappa shape index (κ1) is 14.4. The first-order valence-corrected chi connectivity index (χ1v) is 5.92. The predicted octanol–water partition coefficient (Wildman–Crippen LogP) is 0.977. The minimum atomic E-state index is -4.56. The van der Waals surface area contributed by atoms with Crippen molar-refractivity contribution < 1.29 is 27.9 Å². The molecule has 1 aromatic rings. The van der Waals surface area contributed by atoms with E-state index >= 15 is 0 Å². The maximum absolute atomic E-state index is 12.4. The predicted molar refractivity (Wildman–Crippen MR) is 59.6 cm³/mol. The number of nitrogens with zero attached hydrogens (tertiary/aromatic N) is 3. The van der Waals surface area contributed by atoms with Crippen molar-refractivity contribution >= 4 is 11.9 Å². The summed E-state index contributed by atoms with van der Waals surface area (Å²) in [6, 6.07) is -0.133. The summed E-state index contributed by atoms with van der Waals surface area (Å²) < 4.78 is 37.9. The molecule has 9 heteroatoms. The molecule has 0 saturated carbocycles. The van der Waals surface area contributed by atoms with Crippen LogP contribution in [0.5, 0.6) is 0 Å². The number of hydrogen-bond donors (Lipinski definition) is 1. The Labute approximate surface area is 111 Å². The molecule has 2 heterocycles. The Kier molecular flexibility index (Phi) is 3.69. The van der Waals surface area contributed by atoms with Crippen LogP contribution in [-0.4, -0.2) is 44.3 Å². The van der Waals surface area contributed by atoms with Crippen molar-refractivity contribution in [1.82, 2.24) is 14.7 Å². The minimum absolute atomic E-state index is 0.295. The van der Waals surface area contributed by atoms with Gasteiger partial charge in [-0.1, -0.05) is 0 Å². The molecular weight excluding hydrogens is 279 g/mol. The Hall–Kier alpha value is -2.06. The second-order valence-corrected chi connectivity index (χ2v) is 4.48. The number of likely N-dealkylation sites (tertiary alicyclic amines) is 1. The van der Waals surface area contributed by atoms with Gasteiger partial charge in [-0.25, -0.2) is 4.79 Å². The van der Waals surface area contributed by atoms with Gasteiger partial charge in [-0.15, -0.1) is 0 Å². The van der Waals surface area contributed by atoms with Gasteiger partial charge in [0.1, 0.15) is 12.6 Å². The second kappa shape index (κ2) is 5.14. The highest BCUT2D eigenvalue weighted by Gasteiger charge is 2.35. The fourth-order valence-electron chi connectivity index (χ4n) is 2.15. The van der Waals surface area contributed by atoms with E-state index in [1.54, 1.807) is 0 Å². The Bertz CT molecular complexity index is 526. The van der Waals surface area contributed by atoms with Gasteiger partial charge in [0, 0.05) is 12.7 Å². The van der Waals surface area contributed by atoms with Crippen molar-refractivity contribution in [3.05, 3.63) is 18.0 Å². The molecule has 6 nitrogen and oxygen atoms in total. The molecular formula is C11H12F3N3O3. The average Bonchev–Trinajstić information content (AvgIpc) is 2.95. The van der Waals surface area contributed by atoms with Gasteiger partial charge in [0.15, 0.2) is 5.69 Å². The number of aromatic nitrogens is 2. The zero-order chi connectivity index (χ0) is 14.9. The number of carboxylic acids is 1. The molecule has 1 amide bonds. The van der Waals surface area contributed by atoms with E-state index in [0.29, 0.717) is 19.4 Å². The van der Waals surface area contributed by atoms with Crippen LogP contribution in [0.25, 0.3) is 0 Å². The van der Waals surface area contributed by atoms with Crippen LogP contribution in [0.2, 0.25) is 0 Å². The summed E-state index contributed by atoms with van der Waals surface area (Å²) in [7, 11) is 0. The quantitative estimate of drug-likeness (QED) is 0.900. The molecule has 1 aliphatic rings. The lowest BCUT2D eigenvalue weighted by molar-refractivity contribution is -0.148. The van der Waals surface area contributed by atoms with Gasteiger partial charge in [-0.3, -0.25) is 9.48 Å². The van der Waals surface area contributed by atoms with E-state index in [4.69, 9.17) is 5.11 Å². The Morgan fingerprint density at radius 1 is 1.45 bits per heavy atom. The van der Waals surface area contributed by atoms with Crippen molar-refractivity contribution in [3.63, 3.8) is 0 Å². The molecule has 1 fully saturated rings. The van der Waals surface area contributed by atoms with Crippen molar-refractivity contribution in [2.45, 2.75) is 31.6 Å². The third-order valence-corrected chi connectivity index (χ3v) is 3.09. The maximum atomic E-state index is 12.4. The number of hydrogen-bond acceptors (Lipinski definition) is 3. The first-order valence-electron chi connectivity index (χ1n) is 5.92. The summed E-state index contributed by atoms with van der Waals surface area (Å²) in [5.74, 6) is -1.65. The summed E-state index contributed by atoms with van der Waals surface area (Å²) in [4.78, 5) is 24.0. The van der Waals surface area contributed by atoms with Gasteiger partial charge in [0.05, 0.1) is 0 Å². The largest absolute Gasteiger partial charge is 0.480 e. The highest BCUT2D eigenvalue weighted by Crippen LogP contribution is 2.27. The summed E-state index contributed by atoms with van der Waals surface area (Å²) in [6.07, 6.45) is -2.60. The molecule has 2 rings (SSSR count). The number of carbonyl (C=O) groups is 2. The maximum Gasteiger partial charge on any atom is 0.435 e. The van der Waals surface area contributed by atoms with Crippen molar-refractivity contribution in [2.24, 2.45) is 0 Å². The molecule has 1 N–H and O–H groups in total. The van der Waals surface area contributed by atoms with Gasteiger partial charge in [0.25, 0.3) is 0 Å². The van der Waals surface area contributed by atoms with E-state index in [2.05, 4.69) is 5.10 Å². The smallest absolute Gasteiger partial charge is 0.435 e. The summed E-state index contributed by atoms with van der Waals surface area (Å²) >= 11 is 0. The molecule has 1 saturated heterocycles. The van der Waals surface area contributed by atoms with Crippen LogP contribution in [0.15, 0.2) is 12.3 Å². The zero-order valence-electron chi connectivity index (χ0n) is 10.3. The van der Waals surface area contributed by atoms with Gasteiger partial charge in [-0.2, -0.15) is 18.3 Å². The molecule has 1 aromatic heterocycles. The van der Waals surface area contributed by atoms with E-state index in [1.165, 1.54) is 0 Å². The second-order valence-electron chi connectivity index (χ2n) is 4.48. The normalized spacial score (nSPS) is 19.4. The molecule has 0 bridgehead atoms. The van der Waals surface area contributed by atoms with E-state index in [9.17, 15) is 22.8 Å². The van der Waals surface area contributed by atoms with Crippen LogP contribution in [0, 0.1) is 0 Å². The molecule has 0 spiro atoms. The van der Waals surface area contributed by atoms with Crippen LogP contribution in [0.1, 0.15) is 18.5 Å². The molecule has 0 radical (unpaired) electrons. The van der Waals surface area contributed by atoms with Gasteiger partial charge in [0.2, 0.25) is 5.91 Å². The number of halogens is 3. The van der Waals surface area contributed by atoms with Gasteiger partial charge < -0.3 is 10.0 Å². The molecule has 1 aliphatic heterocycles. The van der Waals surface area contributed by atoms with Crippen LogP contribution < -0.4 is 0 Å². The molecule has 0 unspecified atom stereocenters. The Morgan fingerprint density at radius 2 is 2.15 bits per heavy atom. The summed E-state index contributed by atoms with van der Waals surface area (Å²) in [6.45, 7) is -0.108. The minimum Gasteiger partial charge on any atom is -0.480 e. The van der Waals surface area contributed by atoms with Crippen LogP contribution >= 0.6 is 0 Å². The van der Waals surface area contributed by atoms with E-state index < -0.39 is 36.3 Å². The standard InChI is InChI=1S/C11H12F3N3O3/c12-11(13,14)8-3-5-16(15-8)6-9(18)17-4-1-2-7(17)10(19)20/h3,5,7H,1-2,4,6H2,(H,19,20)/t7-/m1/s1. The van der Waals surface area contributed by atoms with E-state index in [-0.39, 0.29) is 0 Å². The highest BCUT2D eigenvalue weighted by atomic mass is 19.4. The third-order valence-electron chi connectivity index (χ3n) is 3.09. The summed E-state index contributed by atoms with van der Waals surface area (Å²) in [5, 5.41) is 12.2. The molecule has 0 aliphatic carbocycles. The van der Waals surface area contributed by atoms with Crippen molar-refractivity contribution in [2.75, 3.05) is 6.54 Å². The zero-order valence-corrected chi connectivity index (χ0v) is 10.3. The molecule has 1 atom stereocenters. The lowest BCUT2D eigenvalue weighted by Gasteiger charge is -2.21. The molecule has 20 heavy (non-hydrogen) atoms. The monoisotopic (exact) mass is 291 g/mol. The topological polar surface area (TPSA) is 75.4 Å². The number of rotatable bonds is 3. The highest BCUT2D eigenvalue weighted by molar-refractivity contribution is 5.84. The van der Waals surface area contributed by atoms with Crippen LogP contribution in [0.4, 0.5) is 13.2 Å². The SMILES string of the molecule is O=C(O)[C@H]1CCCN1C(=O)Cn1ccc(C(F)(F)F)n1.